The highest BCUT2D eigenvalue weighted by Gasteiger charge is 2.30. The van der Waals surface area contributed by atoms with E-state index in [0.29, 0.717) is 5.56 Å². The fraction of sp³-hybridized carbons (Fsp3) is 0.150. The first-order chi connectivity index (χ1) is 13.0. The summed E-state index contributed by atoms with van der Waals surface area (Å²) in [5, 5.41) is 5.89. The minimum atomic E-state index is -0.546. The number of rotatable bonds is 2. The molecule has 2 aromatic carbocycles. The van der Waals surface area contributed by atoms with Gasteiger partial charge < -0.3 is 15.5 Å². The van der Waals surface area contributed by atoms with Crippen LogP contribution in [0.15, 0.2) is 59.1 Å². The molecule has 0 spiro atoms. The highest BCUT2D eigenvalue weighted by Crippen LogP contribution is 2.36. The van der Waals surface area contributed by atoms with Crippen LogP contribution in [0.4, 0.5) is 5.69 Å². The second-order valence-electron chi connectivity index (χ2n) is 6.39. The molecular formula is C20H17IN4O2. The molecule has 0 bridgehead atoms. The summed E-state index contributed by atoms with van der Waals surface area (Å²) in [6.07, 6.45) is 1.39. The first-order valence-corrected chi connectivity index (χ1v) is 9.55. The maximum Gasteiger partial charge on any atom is 0.254 e. The second-order valence-corrected chi connectivity index (χ2v) is 7.64. The van der Waals surface area contributed by atoms with Gasteiger partial charge in [0, 0.05) is 33.5 Å². The van der Waals surface area contributed by atoms with Gasteiger partial charge in [-0.25, -0.2) is 4.99 Å². The first-order valence-electron chi connectivity index (χ1n) is 8.48. The van der Waals surface area contributed by atoms with Gasteiger partial charge in [0.05, 0.1) is 17.8 Å². The smallest absolute Gasteiger partial charge is 0.254 e. The van der Waals surface area contributed by atoms with Crippen molar-refractivity contribution in [1.82, 2.24) is 10.2 Å². The molecule has 1 atom stereocenters. The van der Waals surface area contributed by atoms with E-state index in [1.54, 1.807) is 18.3 Å². The number of halogens is 1. The van der Waals surface area contributed by atoms with E-state index in [1.807, 2.05) is 48.3 Å². The SMILES string of the molecule is CN1C2=C(C=NC1NC(=O)c1ccccc1)CC(=O)Nc1ccc(I)cc12. The zero-order valence-corrected chi connectivity index (χ0v) is 16.7. The van der Waals surface area contributed by atoms with Gasteiger partial charge in [-0.3, -0.25) is 9.59 Å². The number of benzene rings is 2. The lowest BCUT2D eigenvalue weighted by Crippen LogP contribution is -2.46. The van der Waals surface area contributed by atoms with Gasteiger partial charge >= 0.3 is 0 Å². The van der Waals surface area contributed by atoms with Gasteiger partial charge in [-0.05, 0) is 52.9 Å². The van der Waals surface area contributed by atoms with Crippen LogP contribution in [0.1, 0.15) is 22.3 Å². The standard InChI is InChI=1S/C20H17IN4O2/c1-25-18-13(9-17(26)23-16-8-7-14(21)10-15(16)18)11-22-20(25)24-19(27)12-5-3-2-4-6-12/h2-8,10-11,20H,9H2,1H3,(H,23,26)(H,24,27). The molecule has 0 saturated carbocycles. The van der Waals surface area contributed by atoms with Gasteiger partial charge in [0.2, 0.25) is 5.91 Å². The van der Waals surface area contributed by atoms with Crippen molar-refractivity contribution < 1.29 is 9.59 Å². The summed E-state index contributed by atoms with van der Waals surface area (Å²) in [7, 11) is 1.88. The van der Waals surface area contributed by atoms with E-state index in [1.165, 1.54) is 0 Å². The number of fused-ring (bicyclic) bond motifs is 2. The number of carbonyl (C=O) groups is 2. The van der Waals surface area contributed by atoms with E-state index >= 15 is 0 Å². The fourth-order valence-corrected chi connectivity index (χ4v) is 3.77. The predicted octanol–water partition coefficient (Wildman–Crippen LogP) is 3.07. The van der Waals surface area contributed by atoms with Crippen LogP contribution in [0, 0.1) is 3.57 Å². The molecule has 1 unspecified atom stereocenters. The summed E-state index contributed by atoms with van der Waals surface area (Å²) in [5.74, 6) is -0.270. The Hall–Kier alpha value is -2.68. The number of hydrogen-bond acceptors (Lipinski definition) is 4. The minimum Gasteiger partial charge on any atom is -0.335 e. The van der Waals surface area contributed by atoms with E-state index in [0.717, 1.165) is 26.1 Å². The first kappa shape index (κ1) is 17.7. The summed E-state index contributed by atoms with van der Waals surface area (Å²) < 4.78 is 1.06. The van der Waals surface area contributed by atoms with Gasteiger partial charge in [-0.1, -0.05) is 18.2 Å². The van der Waals surface area contributed by atoms with Crippen LogP contribution in [0.5, 0.6) is 0 Å². The molecule has 2 amide bonds. The predicted molar refractivity (Wildman–Crippen MR) is 113 cm³/mol. The largest absolute Gasteiger partial charge is 0.335 e. The molecule has 0 fully saturated rings. The highest BCUT2D eigenvalue weighted by molar-refractivity contribution is 14.1. The number of amides is 2. The Labute approximate surface area is 170 Å². The van der Waals surface area contributed by atoms with Crippen LogP contribution in [0.25, 0.3) is 5.70 Å². The lowest BCUT2D eigenvalue weighted by molar-refractivity contribution is -0.115. The number of hydrogen-bond donors (Lipinski definition) is 2. The molecule has 0 aromatic heterocycles. The van der Waals surface area contributed by atoms with Crippen molar-refractivity contribution in [2.45, 2.75) is 12.7 Å². The van der Waals surface area contributed by atoms with Crippen LogP contribution in [-0.2, 0) is 4.79 Å². The van der Waals surface area contributed by atoms with E-state index in [4.69, 9.17) is 0 Å². The van der Waals surface area contributed by atoms with Crippen LogP contribution < -0.4 is 10.6 Å². The zero-order chi connectivity index (χ0) is 19.0. The fourth-order valence-electron chi connectivity index (χ4n) is 3.28. The summed E-state index contributed by atoms with van der Waals surface area (Å²) in [6.45, 7) is 0. The van der Waals surface area contributed by atoms with Crippen molar-refractivity contribution in [2.24, 2.45) is 4.99 Å². The monoisotopic (exact) mass is 472 g/mol. The molecule has 136 valence electrons. The second kappa shape index (κ2) is 7.15. The number of anilines is 1. The number of aliphatic imine (C=N–C) groups is 1. The van der Waals surface area contributed by atoms with Crippen LogP contribution in [0.2, 0.25) is 0 Å². The van der Waals surface area contributed by atoms with Crippen molar-refractivity contribution in [2.75, 3.05) is 12.4 Å². The summed E-state index contributed by atoms with van der Waals surface area (Å²) in [4.78, 5) is 31.2. The molecule has 0 aliphatic carbocycles. The Morgan fingerprint density at radius 1 is 1.26 bits per heavy atom. The average Bonchev–Trinajstić information content (AvgIpc) is 2.80. The quantitative estimate of drug-likeness (QED) is 0.661. The van der Waals surface area contributed by atoms with E-state index < -0.39 is 6.29 Å². The maximum absolute atomic E-state index is 12.5. The molecule has 27 heavy (non-hydrogen) atoms. The van der Waals surface area contributed by atoms with Gasteiger partial charge in [-0.15, -0.1) is 0 Å². The third kappa shape index (κ3) is 3.46. The lowest BCUT2D eigenvalue weighted by atomic mass is 10.0. The Kier molecular flexibility index (Phi) is 4.69. The Morgan fingerprint density at radius 2 is 2.04 bits per heavy atom. The van der Waals surface area contributed by atoms with Crippen molar-refractivity contribution in [3.05, 3.63) is 68.8 Å². The zero-order valence-electron chi connectivity index (χ0n) is 14.6. The van der Waals surface area contributed by atoms with Crippen LogP contribution >= 0.6 is 22.6 Å². The van der Waals surface area contributed by atoms with E-state index in [-0.39, 0.29) is 18.2 Å². The molecule has 6 nitrogen and oxygen atoms in total. The van der Waals surface area contributed by atoms with Crippen molar-refractivity contribution >= 4 is 52.0 Å². The van der Waals surface area contributed by atoms with Crippen molar-refractivity contribution in [3.63, 3.8) is 0 Å². The van der Waals surface area contributed by atoms with Gasteiger partial charge in [0.25, 0.3) is 5.91 Å². The van der Waals surface area contributed by atoms with Crippen LogP contribution in [0.3, 0.4) is 0 Å². The summed E-state index contributed by atoms with van der Waals surface area (Å²) in [5.41, 5.74) is 4.00. The van der Waals surface area contributed by atoms with Gasteiger partial charge in [-0.2, -0.15) is 0 Å². The third-order valence-electron chi connectivity index (χ3n) is 4.55. The topological polar surface area (TPSA) is 73.8 Å². The molecular weight excluding hydrogens is 455 g/mol. The molecule has 2 aromatic rings. The summed E-state index contributed by atoms with van der Waals surface area (Å²) in [6, 6.07) is 14.9. The lowest BCUT2D eigenvalue weighted by Gasteiger charge is -2.34. The van der Waals surface area contributed by atoms with E-state index in [2.05, 4.69) is 38.2 Å². The van der Waals surface area contributed by atoms with Gasteiger partial charge in [0.1, 0.15) is 0 Å². The highest BCUT2D eigenvalue weighted by atomic mass is 127. The Bertz CT molecular complexity index is 985. The Morgan fingerprint density at radius 3 is 2.81 bits per heavy atom. The number of carbonyl (C=O) groups excluding carboxylic acids is 2. The molecule has 0 saturated heterocycles. The van der Waals surface area contributed by atoms with Crippen LogP contribution in [-0.4, -0.2) is 36.3 Å². The molecule has 0 radical (unpaired) electrons. The molecule has 2 heterocycles. The maximum atomic E-state index is 12.5. The Balaban J connectivity index is 1.68. The summed E-state index contributed by atoms with van der Waals surface area (Å²) >= 11 is 2.25. The van der Waals surface area contributed by atoms with E-state index in [9.17, 15) is 9.59 Å². The number of nitrogens with zero attached hydrogens (tertiary/aromatic N) is 2. The average molecular weight is 472 g/mol. The molecule has 2 aliphatic rings. The molecule has 7 heteroatoms. The molecule has 2 N–H and O–H groups in total. The molecule has 4 rings (SSSR count). The normalized spacial score (nSPS) is 18.4. The van der Waals surface area contributed by atoms with Gasteiger partial charge in [0.15, 0.2) is 6.29 Å². The molecule has 2 aliphatic heterocycles. The van der Waals surface area contributed by atoms with Crippen molar-refractivity contribution in [3.8, 4) is 0 Å². The number of nitrogens with one attached hydrogen (secondary N) is 2. The van der Waals surface area contributed by atoms with Crippen molar-refractivity contribution in [1.29, 1.82) is 0 Å². The third-order valence-corrected chi connectivity index (χ3v) is 5.22. The minimum absolute atomic E-state index is 0.0749.